The van der Waals surface area contributed by atoms with Crippen molar-refractivity contribution in [3.05, 3.63) is 28.7 Å². The lowest BCUT2D eigenvalue weighted by atomic mass is 9.97. The SMILES string of the molecule is CCOCCN(CCOCC)C(=O)c1csc(Nc2cc(C)nc([C@H]3CCCN(CC#N)C3)n2)n1. The van der Waals surface area contributed by atoms with Gasteiger partial charge in [0.1, 0.15) is 17.3 Å². The number of amides is 1. The Morgan fingerprint density at radius 1 is 1.26 bits per heavy atom. The maximum Gasteiger partial charge on any atom is 0.273 e. The van der Waals surface area contributed by atoms with Gasteiger partial charge in [0, 0.05) is 55.9 Å². The van der Waals surface area contributed by atoms with Gasteiger partial charge in [-0.05, 0) is 40.2 Å². The molecule has 10 nitrogen and oxygen atoms in total. The average Bonchev–Trinajstić information content (AvgIpc) is 3.31. The maximum absolute atomic E-state index is 13.1. The van der Waals surface area contributed by atoms with Crippen molar-refractivity contribution in [2.24, 2.45) is 0 Å². The van der Waals surface area contributed by atoms with Crippen LogP contribution in [0.5, 0.6) is 0 Å². The van der Waals surface area contributed by atoms with Crippen molar-refractivity contribution in [2.45, 2.75) is 39.5 Å². The van der Waals surface area contributed by atoms with Gasteiger partial charge in [-0.15, -0.1) is 11.3 Å². The van der Waals surface area contributed by atoms with Gasteiger partial charge >= 0.3 is 0 Å². The molecule has 1 aliphatic rings. The molecule has 35 heavy (non-hydrogen) atoms. The quantitative estimate of drug-likeness (QED) is 0.326. The number of anilines is 2. The second-order valence-electron chi connectivity index (χ2n) is 8.33. The third-order valence-electron chi connectivity index (χ3n) is 5.70. The van der Waals surface area contributed by atoms with Gasteiger partial charge in [0.2, 0.25) is 0 Å². The first-order valence-corrected chi connectivity index (χ1v) is 13.0. The Bertz CT molecular complexity index is 984. The number of hydrogen-bond donors (Lipinski definition) is 1. The Morgan fingerprint density at radius 2 is 2.00 bits per heavy atom. The van der Waals surface area contributed by atoms with E-state index < -0.39 is 0 Å². The predicted octanol–water partition coefficient (Wildman–Crippen LogP) is 3.20. The van der Waals surface area contributed by atoms with Crippen molar-refractivity contribution >= 4 is 28.2 Å². The monoisotopic (exact) mass is 501 g/mol. The molecule has 2 aromatic heterocycles. The third-order valence-corrected chi connectivity index (χ3v) is 6.46. The average molecular weight is 502 g/mol. The van der Waals surface area contributed by atoms with Crippen molar-refractivity contribution in [1.29, 1.82) is 5.26 Å². The number of aromatic nitrogens is 3. The number of thiazole rings is 1. The Hall–Kier alpha value is -2.65. The molecule has 1 atom stereocenters. The molecule has 2 aromatic rings. The number of aryl methyl sites for hydroxylation is 1. The number of hydrogen-bond acceptors (Lipinski definition) is 10. The first-order valence-electron chi connectivity index (χ1n) is 12.2. The Morgan fingerprint density at radius 3 is 2.69 bits per heavy atom. The summed E-state index contributed by atoms with van der Waals surface area (Å²) >= 11 is 1.36. The van der Waals surface area contributed by atoms with E-state index in [-0.39, 0.29) is 11.8 Å². The van der Waals surface area contributed by atoms with Crippen LogP contribution >= 0.6 is 11.3 Å². The zero-order chi connectivity index (χ0) is 25.0. The molecule has 0 aromatic carbocycles. The van der Waals surface area contributed by atoms with E-state index in [1.54, 1.807) is 10.3 Å². The van der Waals surface area contributed by atoms with E-state index in [9.17, 15) is 4.79 Å². The van der Waals surface area contributed by atoms with Gasteiger partial charge in [-0.25, -0.2) is 15.0 Å². The molecule has 190 valence electrons. The molecule has 0 spiro atoms. The molecule has 1 amide bonds. The molecule has 0 aliphatic carbocycles. The normalized spacial score (nSPS) is 16.1. The van der Waals surface area contributed by atoms with E-state index in [4.69, 9.17) is 19.7 Å². The first-order chi connectivity index (χ1) is 17.0. The minimum absolute atomic E-state index is 0.145. The van der Waals surface area contributed by atoms with Crippen molar-refractivity contribution in [3.63, 3.8) is 0 Å². The van der Waals surface area contributed by atoms with E-state index in [2.05, 4.69) is 26.3 Å². The molecule has 1 saturated heterocycles. The molecule has 1 fully saturated rings. The van der Waals surface area contributed by atoms with Gasteiger partial charge in [-0.2, -0.15) is 5.26 Å². The Kier molecular flexibility index (Phi) is 10.8. The highest BCUT2D eigenvalue weighted by Crippen LogP contribution is 2.27. The standard InChI is InChI=1S/C24H35N7O3S/c1-4-33-13-11-31(12-14-34-5-2)23(32)20-17-35-24(27-20)29-21-15-18(3)26-22(28-21)19-7-6-9-30(16-19)10-8-25/h15,17,19H,4-7,9-14,16H2,1-3H3,(H,26,27,28,29)/t19-/m0/s1. The smallest absolute Gasteiger partial charge is 0.273 e. The second-order valence-corrected chi connectivity index (χ2v) is 9.19. The van der Waals surface area contributed by atoms with Crippen molar-refractivity contribution in [3.8, 4) is 6.07 Å². The van der Waals surface area contributed by atoms with Gasteiger partial charge in [0.25, 0.3) is 5.91 Å². The van der Waals surface area contributed by atoms with Crippen LogP contribution < -0.4 is 5.32 Å². The van der Waals surface area contributed by atoms with Crippen LogP contribution in [0.15, 0.2) is 11.4 Å². The zero-order valence-corrected chi connectivity index (χ0v) is 21.6. The number of carbonyl (C=O) groups excluding carboxylic acids is 1. The third kappa shape index (κ3) is 8.21. The maximum atomic E-state index is 13.1. The van der Waals surface area contributed by atoms with Crippen LogP contribution in [0.1, 0.15) is 54.6 Å². The fourth-order valence-electron chi connectivity index (χ4n) is 4.00. The number of nitrogens with zero attached hydrogens (tertiary/aromatic N) is 6. The lowest BCUT2D eigenvalue weighted by Gasteiger charge is -2.30. The lowest BCUT2D eigenvalue weighted by molar-refractivity contribution is 0.0546. The summed E-state index contributed by atoms with van der Waals surface area (Å²) in [6.45, 7) is 11.1. The molecule has 0 saturated carbocycles. The number of likely N-dealkylation sites (tertiary alicyclic amines) is 1. The van der Waals surface area contributed by atoms with Gasteiger partial charge in [-0.1, -0.05) is 0 Å². The summed E-state index contributed by atoms with van der Waals surface area (Å²) in [6, 6.07) is 4.11. The Balaban J connectivity index is 1.68. The van der Waals surface area contributed by atoms with E-state index in [0.717, 1.165) is 37.4 Å². The predicted molar refractivity (Wildman–Crippen MR) is 135 cm³/mol. The summed E-state index contributed by atoms with van der Waals surface area (Å²) in [6.07, 6.45) is 2.02. The van der Waals surface area contributed by atoms with Crippen LogP contribution in [0.4, 0.5) is 10.9 Å². The molecular formula is C24H35N7O3S. The van der Waals surface area contributed by atoms with Crippen LogP contribution in [0.25, 0.3) is 0 Å². The number of nitrogens with one attached hydrogen (secondary N) is 1. The highest BCUT2D eigenvalue weighted by molar-refractivity contribution is 7.14. The van der Waals surface area contributed by atoms with E-state index >= 15 is 0 Å². The molecule has 11 heteroatoms. The van der Waals surface area contributed by atoms with E-state index in [1.807, 2.05) is 26.8 Å². The fraction of sp³-hybridized carbons (Fsp3) is 0.625. The highest BCUT2D eigenvalue weighted by Gasteiger charge is 2.24. The van der Waals surface area contributed by atoms with Crippen molar-refractivity contribution in [2.75, 3.05) is 64.5 Å². The summed E-state index contributed by atoms with van der Waals surface area (Å²) in [5.74, 6) is 1.48. The van der Waals surface area contributed by atoms with Crippen LogP contribution in [-0.2, 0) is 9.47 Å². The summed E-state index contributed by atoms with van der Waals surface area (Å²) in [4.78, 5) is 30.9. The Labute approximate surface area is 211 Å². The molecule has 1 aliphatic heterocycles. The minimum Gasteiger partial charge on any atom is -0.380 e. The highest BCUT2D eigenvalue weighted by atomic mass is 32.1. The largest absolute Gasteiger partial charge is 0.380 e. The number of ether oxygens (including phenoxy) is 2. The number of piperidine rings is 1. The molecule has 3 heterocycles. The van der Waals surface area contributed by atoms with Crippen molar-refractivity contribution < 1.29 is 14.3 Å². The zero-order valence-electron chi connectivity index (χ0n) is 20.8. The van der Waals surface area contributed by atoms with Gasteiger partial charge in [-0.3, -0.25) is 9.69 Å². The first kappa shape index (κ1) is 26.9. The van der Waals surface area contributed by atoms with E-state index in [0.29, 0.717) is 62.7 Å². The molecular weight excluding hydrogens is 466 g/mol. The van der Waals surface area contributed by atoms with Crippen LogP contribution in [-0.4, -0.2) is 89.8 Å². The molecule has 0 unspecified atom stereocenters. The van der Waals surface area contributed by atoms with Gasteiger partial charge in [0.05, 0.1) is 25.8 Å². The second kappa shape index (κ2) is 14.0. The molecule has 1 N–H and O–H groups in total. The topological polar surface area (TPSA) is 116 Å². The number of rotatable bonds is 13. The van der Waals surface area contributed by atoms with Crippen LogP contribution in [0.3, 0.4) is 0 Å². The van der Waals surface area contributed by atoms with Crippen LogP contribution in [0.2, 0.25) is 0 Å². The summed E-state index contributed by atoms with van der Waals surface area (Å²) in [5.41, 5.74) is 1.25. The van der Waals surface area contributed by atoms with E-state index in [1.165, 1.54) is 11.3 Å². The minimum atomic E-state index is -0.145. The van der Waals surface area contributed by atoms with Crippen LogP contribution in [0, 0.1) is 18.3 Å². The number of nitriles is 1. The van der Waals surface area contributed by atoms with Gasteiger partial charge in [0.15, 0.2) is 5.13 Å². The van der Waals surface area contributed by atoms with Gasteiger partial charge < -0.3 is 19.7 Å². The molecule has 0 bridgehead atoms. The summed E-state index contributed by atoms with van der Waals surface area (Å²) < 4.78 is 10.9. The summed E-state index contributed by atoms with van der Waals surface area (Å²) in [7, 11) is 0. The number of carbonyl (C=O) groups is 1. The van der Waals surface area contributed by atoms with Crippen molar-refractivity contribution in [1.82, 2.24) is 24.8 Å². The molecule has 3 rings (SSSR count). The summed E-state index contributed by atoms with van der Waals surface area (Å²) in [5, 5.41) is 14.6. The fourth-order valence-corrected chi connectivity index (χ4v) is 4.69. The molecule has 0 radical (unpaired) electrons. The lowest BCUT2D eigenvalue weighted by Crippen LogP contribution is -2.37.